The Labute approximate surface area is 164 Å². The zero-order chi connectivity index (χ0) is 19.8. The van der Waals surface area contributed by atoms with E-state index >= 15 is 0 Å². The van der Waals surface area contributed by atoms with Crippen molar-refractivity contribution in [3.05, 3.63) is 94.6 Å². The lowest BCUT2D eigenvalue weighted by Gasteiger charge is -2.27. The lowest BCUT2D eigenvalue weighted by atomic mass is 9.94. The molecule has 1 unspecified atom stereocenters. The molecule has 1 atom stereocenters. The molecule has 1 aromatic heterocycles. The molecular weight excluding hydrogens is 382 g/mol. The number of aliphatic hydroxyl groups excluding tert-OH is 1. The van der Waals surface area contributed by atoms with Crippen LogP contribution in [0.5, 0.6) is 5.75 Å². The number of nitrogens with zero attached hydrogens (tertiary/aromatic N) is 1. The summed E-state index contributed by atoms with van der Waals surface area (Å²) in [7, 11) is 0. The van der Waals surface area contributed by atoms with Gasteiger partial charge in [-0.1, -0.05) is 23.7 Å². The van der Waals surface area contributed by atoms with Crippen LogP contribution in [-0.4, -0.2) is 21.9 Å². The van der Waals surface area contributed by atoms with Gasteiger partial charge in [0.15, 0.2) is 11.5 Å². The second-order valence-corrected chi connectivity index (χ2v) is 6.65. The highest BCUT2D eigenvalue weighted by Gasteiger charge is 2.45. The molecule has 0 aliphatic carbocycles. The number of furan rings is 1. The molecule has 0 fully saturated rings. The van der Waals surface area contributed by atoms with Gasteiger partial charge in [-0.25, -0.2) is 0 Å². The maximum Gasteiger partial charge on any atom is 0.294 e. The fourth-order valence-corrected chi connectivity index (χ4v) is 3.38. The van der Waals surface area contributed by atoms with Crippen molar-refractivity contribution >= 4 is 29.0 Å². The summed E-state index contributed by atoms with van der Waals surface area (Å²) in [6, 6.07) is 14.7. The molecule has 3 aromatic rings. The average molecular weight is 396 g/mol. The topological polar surface area (TPSA) is 91.0 Å². The fourth-order valence-electron chi connectivity index (χ4n) is 3.26. The number of benzene rings is 2. The monoisotopic (exact) mass is 395 g/mol. The van der Waals surface area contributed by atoms with Crippen LogP contribution in [0.1, 0.15) is 22.2 Å². The third-order valence-electron chi connectivity index (χ3n) is 4.49. The van der Waals surface area contributed by atoms with Crippen LogP contribution in [-0.2, 0) is 4.79 Å². The van der Waals surface area contributed by atoms with Crippen molar-refractivity contribution in [3.8, 4) is 5.75 Å². The van der Waals surface area contributed by atoms with E-state index in [1.807, 2.05) is 0 Å². The van der Waals surface area contributed by atoms with Gasteiger partial charge in [0, 0.05) is 10.7 Å². The van der Waals surface area contributed by atoms with E-state index in [-0.39, 0.29) is 17.1 Å². The summed E-state index contributed by atoms with van der Waals surface area (Å²) in [6.07, 6.45) is 1.34. The molecule has 1 aliphatic rings. The normalized spacial score (nSPS) is 16.7. The van der Waals surface area contributed by atoms with Crippen LogP contribution in [0.15, 0.2) is 82.7 Å². The van der Waals surface area contributed by atoms with E-state index in [4.69, 9.17) is 16.0 Å². The van der Waals surface area contributed by atoms with E-state index in [0.717, 1.165) is 0 Å². The van der Waals surface area contributed by atoms with Gasteiger partial charge in [0.1, 0.15) is 5.75 Å². The van der Waals surface area contributed by atoms with Crippen LogP contribution < -0.4 is 4.90 Å². The maximum absolute atomic E-state index is 13.0. The second-order valence-electron chi connectivity index (χ2n) is 6.22. The van der Waals surface area contributed by atoms with Crippen molar-refractivity contribution < 1.29 is 24.2 Å². The molecule has 0 radical (unpaired) electrons. The highest BCUT2D eigenvalue weighted by Crippen LogP contribution is 2.42. The van der Waals surface area contributed by atoms with E-state index in [9.17, 15) is 19.8 Å². The molecule has 0 spiro atoms. The molecule has 28 heavy (non-hydrogen) atoms. The number of amides is 1. The molecule has 0 saturated heterocycles. The fraction of sp³-hybridized carbons (Fsp3) is 0.0476. The Balaban J connectivity index is 1.89. The molecule has 1 amide bonds. The number of halogens is 1. The Morgan fingerprint density at radius 2 is 1.79 bits per heavy atom. The summed E-state index contributed by atoms with van der Waals surface area (Å²) in [5, 5.41) is 20.9. The van der Waals surface area contributed by atoms with Gasteiger partial charge < -0.3 is 14.6 Å². The third-order valence-corrected chi connectivity index (χ3v) is 4.74. The van der Waals surface area contributed by atoms with E-state index in [1.54, 1.807) is 42.5 Å². The minimum Gasteiger partial charge on any atom is -0.508 e. The Kier molecular flexibility index (Phi) is 4.41. The highest BCUT2D eigenvalue weighted by atomic mass is 35.5. The number of aliphatic hydroxyl groups is 1. The average Bonchev–Trinajstić information content (AvgIpc) is 3.30. The number of carbonyl (C=O) groups is 2. The number of anilines is 1. The summed E-state index contributed by atoms with van der Waals surface area (Å²) < 4.78 is 5.16. The van der Waals surface area contributed by atoms with Crippen molar-refractivity contribution in [2.75, 3.05) is 4.90 Å². The smallest absolute Gasteiger partial charge is 0.294 e. The predicted molar refractivity (Wildman–Crippen MR) is 102 cm³/mol. The van der Waals surface area contributed by atoms with Crippen LogP contribution in [0.2, 0.25) is 5.02 Å². The molecule has 2 aromatic carbocycles. The molecule has 0 bridgehead atoms. The first-order valence-corrected chi connectivity index (χ1v) is 8.74. The van der Waals surface area contributed by atoms with Crippen molar-refractivity contribution in [2.24, 2.45) is 0 Å². The molecule has 2 N–H and O–H groups in total. The maximum atomic E-state index is 13.0. The minimum atomic E-state index is -0.946. The minimum absolute atomic E-state index is 0.00235. The zero-order valence-corrected chi connectivity index (χ0v) is 15.1. The summed E-state index contributed by atoms with van der Waals surface area (Å²) in [4.78, 5) is 27.2. The van der Waals surface area contributed by atoms with Crippen LogP contribution in [0.3, 0.4) is 0 Å². The first kappa shape index (κ1) is 17.9. The van der Waals surface area contributed by atoms with Gasteiger partial charge in [-0.2, -0.15) is 0 Å². The van der Waals surface area contributed by atoms with Crippen molar-refractivity contribution in [2.45, 2.75) is 6.04 Å². The van der Waals surface area contributed by atoms with Crippen LogP contribution >= 0.6 is 11.6 Å². The summed E-state index contributed by atoms with van der Waals surface area (Å²) in [5.41, 5.74) is 0.777. The SMILES string of the molecule is O=C(C1=C(O)C(=O)N(c2ccc(Cl)cc2)C1c1cccc(O)c1)c1ccco1. The molecule has 0 saturated carbocycles. The Morgan fingerprint density at radius 3 is 2.43 bits per heavy atom. The number of Topliss-reactive ketones (excluding diaryl/α,β-unsaturated/α-hetero) is 1. The van der Waals surface area contributed by atoms with Crippen LogP contribution in [0.25, 0.3) is 0 Å². The second kappa shape index (κ2) is 6.90. The number of ketones is 1. The van der Waals surface area contributed by atoms with E-state index in [2.05, 4.69) is 0 Å². The highest BCUT2D eigenvalue weighted by molar-refractivity contribution is 6.30. The summed E-state index contributed by atoms with van der Waals surface area (Å²) in [5.74, 6) is -2.04. The van der Waals surface area contributed by atoms with Gasteiger partial charge >= 0.3 is 0 Å². The lowest BCUT2D eigenvalue weighted by molar-refractivity contribution is -0.117. The summed E-state index contributed by atoms with van der Waals surface area (Å²) in [6.45, 7) is 0. The quantitative estimate of drug-likeness (QED) is 0.638. The first-order chi connectivity index (χ1) is 13.5. The van der Waals surface area contributed by atoms with Gasteiger partial charge in [0.2, 0.25) is 5.78 Å². The number of hydrogen-bond acceptors (Lipinski definition) is 5. The lowest BCUT2D eigenvalue weighted by Crippen LogP contribution is -2.31. The van der Waals surface area contributed by atoms with Gasteiger partial charge in [0.25, 0.3) is 5.91 Å². The molecule has 4 rings (SSSR count). The molecule has 7 heteroatoms. The standard InChI is InChI=1S/C21H14ClNO5/c22-13-6-8-14(9-7-13)23-18(12-3-1-4-15(24)11-12)17(20(26)21(23)27)19(25)16-5-2-10-28-16/h1-11,18,24,26H. The zero-order valence-electron chi connectivity index (χ0n) is 14.4. The number of rotatable bonds is 4. The van der Waals surface area contributed by atoms with E-state index in [1.165, 1.54) is 29.4 Å². The van der Waals surface area contributed by atoms with Crippen molar-refractivity contribution in [1.82, 2.24) is 0 Å². The Morgan fingerprint density at radius 1 is 1.04 bits per heavy atom. The van der Waals surface area contributed by atoms with Crippen molar-refractivity contribution in [1.29, 1.82) is 0 Å². The number of phenols is 1. The van der Waals surface area contributed by atoms with Gasteiger partial charge in [0.05, 0.1) is 17.9 Å². The number of phenolic OH excluding ortho intramolecular Hbond substituents is 1. The van der Waals surface area contributed by atoms with Gasteiger partial charge in [-0.3, -0.25) is 14.5 Å². The Hall–Kier alpha value is -3.51. The molecule has 140 valence electrons. The molecule has 6 nitrogen and oxygen atoms in total. The molecule has 2 heterocycles. The van der Waals surface area contributed by atoms with Crippen LogP contribution in [0, 0.1) is 0 Å². The Bertz CT molecular complexity index is 1090. The summed E-state index contributed by atoms with van der Waals surface area (Å²) >= 11 is 5.94. The van der Waals surface area contributed by atoms with Crippen molar-refractivity contribution in [3.63, 3.8) is 0 Å². The van der Waals surface area contributed by atoms with Gasteiger partial charge in [-0.15, -0.1) is 0 Å². The van der Waals surface area contributed by atoms with Crippen LogP contribution in [0.4, 0.5) is 5.69 Å². The first-order valence-electron chi connectivity index (χ1n) is 8.37. The third kappa shape index (κ3) is 2.93. The molecular formula is C21H14ClNO5. The van der Waals surface area contributed by atoms with E-state index < -0.39 is 23.5 Å². The predicted octanol–water partition coefficient (Wildman–Crippen LogP) is 4.42. The van der Waals surface area contributed by atoms with E-state index in [0.29, 0.717) is 16.3 Å². The number of hydrogen-bond donors (Lipinski definition) is 2. The number of aromatic hydroxyl groups is 1. The largest absolute Gasteiger partial charge is 0.508 e. The molecule has 1 aliphatic heterocycles. The van der Waals surface area contributed by atoms with Gasteiger partial charge in [-0.05, 0) is 54.1 Å². The number of carbonyl (C=O) groups excluding carboxylic acids is 2.